The summed E-state index contributed by atoms with van der Waals surface area (Å²) in [6.07, 6.45) is 0. The Morgan fingerprint density at radius 1 is 0.774 bits per heavy atom. The number of ether oxygens (including phenoxy) is 1. The summed E-state index contributed by atoms with van der Waals surface area (Å²) in [6.45, 7) is 1.09. The van der Waals surface area contributed by atoms with Gasteiger partial charge < -0.3 is 13.9 Å². The van der Waals surface area contributed by atoms with Crippen LogP contribution in [0.1, 0.15) is 0 Å². The van der Waals surface area contributed by atoms with Crippen LogP contribution in [0.15, 0.2) is 28.6 Å². The first-order chi connectivity index (χ1) is 14.7. The van der Waals surface area contributed by atoms with Crippen LogP contribution in [0.3, 0.4) is 0 Å². The number of aromatic nitrogens is 8. The van der Waals surface area contributed by atoms with Gasteiger partial charge in [0.05, 0.1) is 13.2 Å². The highest BCUT2D eigenvalue weighted by Gasteiger charge is 2.17. The molecule has 2 N–H and O–H groups in total. The molecule has 0 aromatic carbocycles. The van der Waals surface area contributed by atoms with E-state index in [0.717, 1.165) is 0 Å². The van der Waals surface area contributed by atoms with Crippen molar-refractivity contribution in [1.29, 1.82) is 0 Å². The van der Waals surface area contributed by atoms with E-state index in [1.165, 1.54) is 23.2 Å². The van der Waals surface area contributed by atoms with Crippen molar-refractivity contribution >= 4 is 54.2 Å². The number of H-pyrrole nitrogens is 2. The second-order valence-corrected chi connectivity index (χ2v) is 8.08. The van der Waals surface area contributed by atoms with Crippen LogP contribution in [-0.4, -0.2) is 51.4 Å². The van der Waals surface area contributed by atoms with Gasteiger partial charge in [0.25, 0.3) is 11.1 Å². The molecule has 31 heavy (non-hydrogen) atoms. The monoisotopic (exact) mass is 558 g/mol. The van der Waals surface area contributed by atoms with Crippen molar-refractivity contribution in [2.75, 3.05) is 13.2 Å². The minimum absolute atomic E-state index is 0.242. The summed E-state index contributed by atoms with van der Waals surface area (Å²) in [4.78, 5) is 60.8. The maximum absolute atomic E-state index is 12.2. The van der Waals surface area contributed by atoms with Crippen LogP contribution in [0.2, 0.25) is 0 Å². The molecular weight excluding hydrogens is 544 g/mol. The first-order valence-electron chi connectivity index (χ1n) is 8.98. The molecule has 0 aliphatic carbocycles. The maximum Gasteiger partial charge on any atom is 0.329 e. The van der Waals surface area contributed by atoms with E-state index in [9.17, 15) is 19.2 Å². The molecule has 0 saturated carbocycles. The van der Waals surface area contributed by atoms with E-state index in [1.807, 2.05) is 0 Å². The number of nitrogens with one attached hydrogen (secondary N) is 2. The molecule has 0 saturated heterocycles. The molecule has 0 bridgehead atoms. The minimum atomic E-state index is -0.545. The number of imidazole rings is 2. The van der Waals surface area contributed by atoms with Gasteiger partial charge in [0, 0.05) is 27.2 Å². The number of fused-ring (bicyclic) bond motifs is 2. The highest BCUT2D eigenvalue weighted by atomic mass is 79.9. The molecular formula is C16H16Br2N8O5. The molecule has 4 aromatic heterocycles. The van der Waals surface area contributed by atoms with Crippen LogP contribution in [-0.2, 0) is 31.9 Å². The second-order valence-electron chi connectivity index (χ2n) is 6.66. The Labute approximate surface area is 188 Å². The summed E-state index contributed by atoms with van der Waals surface area (Å²) in [5.74, 6) is 0. The van der Waals surface area contributed by atoms with E-state index in [0.29, 0.717) is 22.6 Å². The molecule has 164 valence electrons. The molecule has 0 amide bonds. The van der Waals surface area contributed by atoms with E-state index < -0.39 is 22.5 Å². The summed E-state index contributed by atoms with van der Waals surface area (Å²) in [5, 5.41) is 0. The normalized spacial score (nSPS) is 11.7. The molecule has 13 nitrogen and oxygen atoms in total. The van der Waals surface area contributed by atoms with Gasteiger partial charge in [0.2, 0.25) is 0 Å². The fraction of sp³-hybridized carbons (Fsp3) is 0.375. The molecule has 4 rings (SSSR count). The summed E-state index contributed by atoms with van der Waals surface area (Å²) in [7, 11) is 3.04. The molecule has 0 fully saturated rings. The van der Waals surface area contributed by atoms with Crippen molar-refractivity contribution < 1.29 is 4.74 Å². The summed E-state index contributed by atoms with van der Waals surface area (Å²) in [6, 6.07) is 0. The van der Waals surface area contributed by atoms with Crippen LogP contribution in [0.5, 0.6) is 0 Å². The average molecular weight is 560 g/mol. The van der Waals surface area contributed by atoms with Crippen molar-refractivity contribution in [3.63, 3.8) is 0 Å². The highest BCUT2D eigenvalue weighted by molar-refractivity contribution is 9.10. The zero-order valence-corrected chi connectivity index (χ0v) is 19.5. The van der Waals surface area contributed by atoms with E-state index in [-0.39, 0.29) is 35.5 Å². The van der Waals surface area contributed by atoms with Gasteiger partial charge in [-0.25, -0.2) is 19.6 Å². The molecule has 0 radical (unpaired) electrons. The van der Waals surface area contributed by atoms with Crippen LogP contribution in [0.4, 0.5) is 0 Å². The van der Waals surface area contributed by atoms with Crippen LogP contribution in [0.25, 0.3) is 22.3 Å². The first kappa shape index (κ1) is 21.5. The fourth-order valence-corrected chi connectivity index (χ4v) is 4.28. The molecule has 0 unspecified atom stereocenters. The summed E-state index contributed by atoms with van der Waals surface area (Å²) < 4.78 is 12.2. The molecule has 4 heterocycles. The third kappa shape index (κ3) is 3.61. The van der Waals surface area contributed by atoms with Gasteiger partial charge in [0.1, 0.15) is 0 Å². The van der Waals surface area contributed by atoms with Crippen molar-refractivity contribution in [2.45, 2.75) is 13.1 Å². The predicted octanol–water partition coefficient (Wildman–Crippen LogP) is -0.598. The van der Waals surface area contributed by atoms with Gasteiger partial charge >= 0.3 is 11.4 Å². The Balaban J connectivity index is 1.49. The summed E-state index contributed by atoms with van der Waals surface area (Å²) in [5.41, 5.74) is -1.11. The Morgan fingerprint density at radius 2 is 1.16 bits per heavy atom. The summed E-state index contributed by atoms with van der Waals surface area (Å²) >= 11 is 6.61. The number of aryl methyl sites for hydroxylation is 2. The zero-order valence-electron chi connectivity index (χ0n) is 16.3. The highest BCUT2D eigenvalue weighted by Crippen LogP contribution is 2.17. The number of halogens is 2. The zero-order chi connectivity index (χ0) is 22.4. The van der Waals surface area contributed by atoms with Crippen molar-refractivity contribution in [3.8, 4) is 0 Å². The standard InChI is InChI=1S/C16H16Br2N8O5/c1-23-9-7(11(27)21-15(23)29)25(13(17)19-9)3-5-31-6-4-26-8-10(20-14(26)18)24(2)16(30)22-12(8)28/h3-6H2,1-2H3,(H,21,27,29)(H,22,28,30). The number of rotatable bonds is 6. The first-order valence-corrected chi connectivity index (χ1v) is 10.6. The van der Waals surface area contributed by atoms with Crippen molar-refractivity contribution in [1.82, 2.24) is 38.2 Å². The Kier molecular flexibility index (Phi) is 5.57. The van der Waals surface area contributed by atoms with Crippen LogP contribution in [0, 0.1) is 0 Å². The molecule has 4 aromatic rings. The number of hydrogen-bond acceptors (Lipinski definition) is 7. The third-order valence-electron chi connectivity index (χ3n) is 4.84. The number of hydrogen-bond donors (Lipinski definition) is 2. The lowest BCUT2D eigenvalue weighted by atomic mass is 10.5. The molecule has 15 heteroatoms. The Hall–Kier alpha value is -2.78. The molecule has 0 spiro atoms. The smallest absolute Gasteiger partial charge is 0.329 e. The minimum Gasteiger partial charge on any atom is -0.378 e. The van der Waals surface area contributed by atoms with Crippen LogP contribution >= 0.6 is 31.9 Å². The topological polar surface area (TPSA) is 155 Å². The fourth-order valence-electron chi connectivity index (χ4n) is 3.24. The van der Waals surface area contributed by atoms with Gasteiger partial charge in [-0.05, 0) is 31.9 Å². The largest absolute Gasteiger partial charge is 0.378 e. The lowest BCUT2D eigenvalue weighted by Crippen LogP contribution is -2.29. The maximum atomic E-state index is 12.2. The molecule has 0 aliphatic rings. The average Bonchev–Trinajstić information content (AvgIpc) is 3.22. The lowest BCUT2D eigenvalue weighted by molar-refractivity contribution is 0.119. The third-order valence-corrected chi connectivity index (χ3v) is 6.05. The van der Waals surface area contributed by atoms with Gasteiger partial charge in [-0.1, -0.05) is 0 Å². The van der Waals surface area contributed by atoms with E-state index >= 15 is 0 Å². The van der Waals surface area contributed by atoms with E-state index in [4.69, 9.17) is 4.74 Å². The molecule has 0 atom stereocenters. The van der Waals surface area contributed by atoms with E-state index in [2.05, 4.69) is 51.8 Å². The second kappa shape index (κ2) is 8.05. The predicted molar refractivity (Wildman–Crippen MR) is 117 cm³/mol. The van der Waals surface area contributed by atoms with E-state index in [1.54, 1.807) is 9.13 Å². The Morgan fingerprint density at radius 3 is 1.55 bits per heavy atom. The van der Waals surface area contributed by atoms with Crippen LogP contribution < -0.4 is 22.5 Å². The van der Waals surface area contributed by atoms with Crippen molar-refractivity contribution in [2.24, 2.45) is 14.1 Å². The van der Waals surface area contributed by atoms with Gasteiger partial charge in [-0.2, -0.15) is 0 Å². The van der Waals surface area contributed by atoms with Gasteiger partial charge in [-0.15, -0.1) is 0 Å². The number of aromatic amines is 2. The van der Waals surface area contributed by atoms with Gasteiger partial charge in [0.15, 0.2) is 31.8 Å². The quantitative estimate of drug-likeness (QED) is 0.236. The molecule has 0 aliphatic heterocycles. The van der Waals surface area contributed by atoms with Crippen molar-refractivity contribution in [3.05, 3.63) is 51.1 Å². The lowest BCUT2D eigenvalue weighted by Gasteiger charge is -2.09. The van der Waals surface area contributed by atoms with Gasteiger partial charge in [-0.3, -0.25) is 28.7 Å². The SMILES string of the molecule is Cn1c(=O)[nH]c(=O)c2c1nc(Br)n2CCOCCn1c(Br)nc2c1c(=O)[nH]c(=O)n2C. The Bertz CT molecular complexity index is 1440. The number of nitrogens with zero attached hydrogens (tertiary/aromatic N) is 6.